The smallest absolute Gasteiger partial charge is 0.418 e. The van der Waals surface area contributed by atoms with Crippen molar-refractivity contribution in [2.24, 2.45) is 0 Å². The third-order valence-electron chi connectivity index (χ3n) is 9.09. The molecular weight excluding hydrogens is 844 g/mol. The molecule has 4 aromatic carbocycles. The molecule has 2 heterocycles. The minimum Gasteiger partial charge on any atom is -0.418 e. The molecule has 0 aliphatic rings. The van der Waals surface area contributed by atoms with Gasteiger partial charge in [-0.25, -0.2) is 0 Å². The Hall–Kier alpha value is -4.17. The summed E-state index contributed by atoms with van der Waals surface area (Å²) in [4.78, 5) is 0. The summed E-state index contributed by atoms with van der Waals surface area (Å²) in [6, 6.07) is 18.5. The van der Waals surface area contributed by atoms with E-state index in [1.165, 1.54) is 96.8 Å². The monoisotopic (exact) mass is 892 g/mol. The number of nitrogens with zero attached hydrogens (tertiary/aromatic N) is 4. The van der Waals surface area contributed by atoms with Crippen LogP contribution in [0, 0.1) is 90.3 Å². The van der Waals surface area contributed by atoms with Gasteiger partial charge in [-0.2, -0.15) is 0 Å². The van der Waals surface area contributed by atoms with Crippen LogP contribution in [-0.4, -0.2) is 25.5 Å². The molecule has 0 atom stereocenters. The summed E-state index contributed by atoms with van der Waals surface area (Å²) in [5.74, 6) is 0. The number of aromatic nitrogens is 4. The zero-order valence-electron chi connectivity index (χ0n) is 32.1. The second-order valence-electron chi connectivity index (χ2n) is 14.1. The second-order valence-corrected chi connectivity index (χ2v) is 16.6. The van der Waals surface area contributed by atoms with Crippen molar-refractivity contribution in [2.75, 3.05) is 0 Å². The standard InChI is InChI=1S/2C21H24N2.Au.BF4/c2*1-14-9-16(3)20(17(4)10-14)22-7-8-23(13-22)21-18(5)11-15(2)12-19(21)6;;2-1(3,4)5/h2*7-12H,1-6H3;;/q;;+1;-1. The average Bonchev–Trinajstić information content (AvgIpc) is 3.55. The molecule has 0 radical (unpaired) electrons. The van der Waals surface area contributed by atoms with Crippen LogP contribution in [0.1, 0.15) is 66.8 Å². The van der Waals surface area contributed by atoms with Crippen LogP contribution in [0.3, 0.4) is 0 Å². The van der Waals surface area contributed by atoms with Gasteiger partial charge in [0, 0.05) is 0 Å². The third kappa shape index (κ3) is 8.22. The molecule has 0 saturated heterocycles. The fraction of sp³-hybridized carbons (Fsp3) is 0.286. The van der Waals surface area contributed by atoms with E-state index in [2.05, 4.69) is 175 Å². The predicted molar refractivity (Wildman–Crippen MR) is 204 cm³/mol. The second kappa shape index (κ2) is 15.1. The molecule has 2 aromatic heterocycles. The molecule has 0 saturated carbocycles. The van der Waals surface area contributed by atoms with Gasteiger partial charge in [0.2, 0.25) is 0 Å². The van der Waals surface area contributed by atoms with E-state index in [0.717, 1.165) is 0 Å². The maximum Gasteiger partial charge on any atom is 0.673 e. The summed E-state index contributed by atoms with van der Waals surface area (Å²) >= 11 is -0.597. The van der Waals surface area contributed by atoms with E-state index >= 15 is 0 Å². The molecule has 6 rings (SSSR count). The molecule has 10 heteroatoms. The molecule has 0 aliphatic heterocycles. The zero-order valence-corrected chi connectivity index (χ0v) is 34.3. The Morgan fingerprint density at radius 3 is 0.654 bits per heavy atom. The Labute approximate surface area is 313 Å². The third-order valence-corrected chi connectivity index (χ3v) is 12.1. The topological polar surface area (TPSA) is 19.7 Å². The Balaban J connectivity index is 0.000000979. The zero-order chi connectivity index (χ0) is 38.4. The normalized spacial score (nSPS) is 11.6. The van der Waals surface area contributed by atoms with Gasteiger partial charge in [-0.05, 0) is 0 Å². The summed E-state index contributed by atoms with van der Waals surface area (Å²) in [6.45, 7) is 26.8. The van der Waals surface area contributed by atoms with Crippen LogP contribution in [-0.2, 0) is 18.8 Å². The van der Waals surface area contributed by atoms with Gasteiger partial charge in [-0.3, -0.25) is 0 Å². The first-order chi connectivity index (χ1) is 24.2. The first kappa shape index (κ1) is 39.0. The van der Waals surface area contributed by atoms with Crippen LogP contribution in [0.2, 0.25) is 0 Å². The first-order valence-corrected chi connectivity index (χ1v) is 19.4. The van der Waals surface area contributed by atoms with E-state index in [1.54, 1.807) is 0 Å². The van der Waals surface area contributed by atoms with Gasteiger partial charge >= 0.3 is 298 Å². The van der Waals surface area contributed by atoms with Gasteiger partial charge < -0.3 is 17.3 Å². The molecule has 0 aliphatic carbocycles. The molecule has 0 spiro atoms. The number of imidazole rings is 2. The fourth-order valence-electron chi connectivity index (χ4n) is 7.77. The maximum atomic E-state index is 9.75. The predicted octanol–water partition coefficient (Wildman–Crippen LogP) is 11.7. The van der Waals surface area contributed by atoms with Gasteiger partial charge in [0.15, 0.2) is 0 Å². The molecule has 0 fully saturated rings. The summed E-state index contributed by atoms with van der Waals surface area (Å²) in [5, 5.41) is 0. The number of benzene rings is 4. The van der Waals surface area contributed by atoms with E-state index in [1.807, 2.05) is 0 Å². The number of halogens is 4. The Bertz CT molecular complexity index is 2070. The van der Waals surface area contributed by atoms with Crippen molar-refractivity contribution in [3.8, 4) is 22.7 Å². The van der Waals surface area contributed by atoms with Gasteiger partial charge in [0.05, 0.1) is 0 Å². The van der Waals surface area contributed by atoms with Crippen molar-refractivity contribution in [3.63, 3.8) is 0 Å². The van der Waals surface area contributed by atoms with Gasteiger partial charge in [-0.15, -0.1) is 0 Å². The summed E-state index contributed by atoms with van der Waals surface area (Å²) < 4.78 is 51.6. The van der Waals surface area contributed by atoms with Crippen LogP contribution >= 0.6 is 0 Å². The van der Waals surface area contributed by atoms with E-state index in [4.69, 9.17) is 0 Å². The van der Waals surface area contributed by atoms with Crippen molar-refractivity contribution in [3.05, 3.63) is 147 Å². The molecule has 0 amide bonds. The van der Waals surface area contributed by atoms with E-state index < -0.39 is 26.1 Å². The van der Waals surface area contributed by atoms with Crippen LogP contribution < -0.4 is 0 Å². The quantitative estimate of drug-likeness (QED) is 0.124. The number of hydrogen-bond donors (Lipinski definition) is 0. The van der Waals surface area contributed by atoms with E-state index in [9.17, 15) is 17.3 Å². The molecule has 0 N–H and O–H groups in total. The minimum absolute atomic E-state index is 0.597. The van der Waals surface area contributed by atoms with Gasteiger partial charge in [-0.1, -0.05) is 0 Å². The molecule has 0 unspecified atom stereocenters. The molecule has 0 bridgehead atoms. The summed E-state index contributed by atoms with van der Waals surface area (Å²) in [7, 11) is -6.00. The SMILES string of the molecule is Cc1cc(C)c(-n2ccn(-c3c(C)cc(C)cc3C)[c]2=[Au+]=[c]2n(-c3c(C)cc(C)cc3C)ccn2-c2c(C)cc(C)cc2C)c(C)c1.F[B-](F)(F)F. The van der Waals surface area contributed by atoms with E-state index in [-0.39, 0.29) is 0 Å². The van der Waals surface area contributed by atoms with Crippen molar-refractivity contribution >= 4 is 7.25 Å². The largest absolute Gasteiger partial charge is 0.673 e. The van der Waals surface area contributed by atoms with Gasteiger partial charge in [0.1, 0.15) is 0 Å². The Kier molecular flexibility index (Phi) is 11.3. The molecule has 6 aromatic rings. The van der Waals surface area contributed by atoms with Crippen molar-refractivity contribution in [1.82, 2.24) is 18.3 Å². The summed E-state index contributed by atoms with van der Waals surface area (Å²) in [6.07, 6.45) is 9.16. The molecule has 52 heavy (non-hydrogen) atoms. The van der Waals surface area contributed by atoms with Crippen molar-refractivity contribution in [2.45, 2.75) is 83.1 Å². The maximum absolute atomic E-state index is 9.75. The Morgan fingerprint density at radius 1 is 0.346 bits per heavy atom. The number of hydrogen-bond acceptors (Lipinski definition) is 0. The van der Waals surface area contributed by atoms with Crippen LogP contribution in [0.15, 0.2) is 73.3 Å². The van der Waals surface area contributed by atoms with Crippen LogP contribution in [0.4, 0.5) is 17.3 Å². The van der Waals surface area contributed by atoms with E-state index in [0.29, 0.717) is 0 Å². The van der Waals surface area contributed by atoms with Crippen molar-refractivity contribution in [1.29, 1.82) is 0 Å². The van der Waals surface area contributed by atoms with Gasteiger partial charge in [0.25, 0.3) is 0 Å². The first-order valence-electron chi connectivity index (χ1n) is 17.3. The molecule has 4 nitrogen and oxygen atoms in total. The Morgan fingerprint density at radius 2 is 0.500 bits per heavy atom. The average molecular weight is 893 g/mol. The summed E-state index contributed by atoms with van der Waals surface area (Å²) in [5.41, 5.74) is 20.7. The van der Waals surface area contributed by atoms with Crippen molar-refractivity contribution < 1.29 is 36.1 Å². The number of rotatable bonds is 4. The fourth-order valence-corrected chi connectivity index (χ4v) is 10.9. The minimum atomic E-state index is -6.00. The van der Waals surface area contributed by atoms with Crippen LogP contribution in [0.25, 0.3) is 22.7 Å². The molecule has 278 valence electrons. The molecular formula is C42H48AuBF4N4. The number of aryl methyl sites for hydroxylation is 12. The van der Waals surface area contributed by atoms with Crippen LogP contribution in [0.5, 0.6) is 0 Å².